The van der Waals surface area contributed by atoms with Crippen LogP contribution in [0.15, 0.2) is 36.4 Å². The minimum absolute atomic E-state index is 0.194. The van der Waals surface area contributed by atoms with Crippen molar-refractivity contribution in [1.29, 1.82) is 0 Å². The van der Waals surface area contributed by atoms with Gasteiger partial charge in [0.15, 0.2) is 0 Å². The Kier molecular flexibility index (Phi) is 6.09. The van der Waals surface area contributed by atoms with Crippen LogP contribution in [0.25, 0.3) is 0 Å². The highest BCUT2D eigenvalue weighted by Crippen LogP contribution is 2.30. The van der Waals surface area contributed by atoms with Gasteiger partial charge in [-0.2, -0.15) is 4.98 Å². The number of aryl methyl sites for hydroxylation is 1. The van der Waals surface area contributed by atoms with Crippen LogP contribution in [-0.4, -0.2) is 57.9 Å². The number of likely N-dealkylation sites (tertiary alicyclic amines) is 2. The molecule has 6 nitrogen and oxygen atoms in total. The molecule has 2 aromatic rings. The normalized spacial score (nSPS) is 21.2. The summed E-state index contributed by atoms with van der Waals surface area (Å²) in [5.41, 5.74) is 0.938. The molecule has 4 rings (SSSR count). The highest BCUT2D eigenvalue weighted by Gasteiger charge is 2.31. The molecule has 1 atom stereocenters. The molecular weight excluding hydrogens is 364 g/mol. The van der Waals surface area contributed by atoms with Crippen molar-refractivity contribution in [3.63, 3.8) is 0 Å². The van der Waals surface area contributed by atoms with Crippen molar-refractivity contribution in [3.05, 3.63) is 47.9 Å². The number of hydrogen-bond donors (Lipinski definition) is 0. The number of amides is 1. The molecule has 0 unspecified atom stereocenters. The van der Waals surface area contributed by atoms with Gasteiger partial charge in [0.05, 0.1) is 0 Å². The Morgan fingerprint density at radius 1 is 1.07 bits per heavy atom. The first-order valence-corrected chi connectivity index (χ1v) is 10.7. The van der Waals surface area contributed by atoms with Crippen molar-refractivity contribution in [2.45, 2.75) is 51.5 Å². The summed E-state index contributed by atoms with van der Waals surface area (Å²) >= 11 is 0. The molecule has 2 fully saturated rings. The molecule has 1 aromatic carbocycles. The average molecular weight is 395 g/mol. The van der Waals surface area contributed by atoms with Crippen LogP contribution in [0.3, 0.4) is 0 Å². The molecule has 1 amide bonds. The van der Waals surface area contributed by atoms with Gasteiger partial charge < -0.3 is 9.64 Å². The molecule has 2 aliphatic rings. The number of piperidine rings is 2. The van der Waals surface area contributed by atoms with E-state index in [9.17, 15) is 4.79 Å². The number of ether oxygens (including phenoxy) is 1. The number of rotatable bonds is 4. The zero-order chi connectivity index (χ0) is 20.2. The highest BCUT2D eigenvalue weighted by atomic mass is 16.5. The second-order valence-electron chi connectivity index (χ2n) is 8.19. The molecule has 0 saturated carbocycles. The third kappa shape index (κ3) is 4.93. The van der Waals surface area contributed by atoms with Crippen LogP contribution in [0, 0.1) is 6.92 Å². The third-order valence-electron chi connectivity index (χ3n) is 6.06. The van der Waals surface area contributed by atoms with Gasteiger partial charge in [-0.1, -0.05) is 18.2 Å². The molecule has 2 saturated heterocycles. The van der Waals surface area contributed by atoms with Crippen LogP contribution in [0.4, 0.5) is 0 Å². The van der Waals surface area contributed by atoms with E-state index >= 15 is 0 Å². The lowest BCUT2D eigenvalue weighted by Gasteiger charge is -2.42. The van der Waals surface area contributed by atoms with E-state index in [1.807, 2.05) is 48.2 Å². The van der Waals surface area contributed by atoms with Gasteiger partial charge in [0.25, 0.3) is 0 Å². The van der Waals surface area contributed by atoms with E-state index in [2.05, 4.69) is 4.90 Å². The fourth-order valence-electron chi connectivity index (χ4n) is 4.50. The van der Waals surface area contributed by atoms with E-state index in [-0.39, 0.29) is 5.91 Å². The topological polar surface area (TPSA) is 58.6 Å². The summed E-state index contributed by atoms with van der Waals surface area (Å²) in [5.74, 6) is 2.82. The van der Waals surface area contributed by atoms with Crippen molar-refractivity contribution >= 4 is 5.91 Å². The number of carbonyl (C=O) groups is 1. The molecule has 154 valence electrons. The highest BCUT2D eigenvalue weighted by molar-refractivity contribution is 5.73. The van der Waals surface area contributed by atoms with Crippen molar-refractivity contribution in [2.75, 3.05) is 26.2 Å². The lowest BCUT2D eigenvalue weighted by Crippen LogP contribution is -2.49. The Bertz CT molecular complexity index is 834. The molecule has 1 aromatic heterocycles. The van der Waals surface area contributed by atoms with Crippen molar-refractivity contribution in [3.8, 4) is 11.6 Å². The van der Waals surface area contributed by atoms with E-state index in [4.69, 9.17) is 14.7 Å². The molecule has 6 heteroatoms. The Morgan fingerprint density at radius 2 is 1.83 bits per heavy atom. The molecular formula is C23H30N4O2. The Labute approximate surface area is 172 Å². The summed E-state index contributed by atoms with van der Waals surface area (Å²) in [6, 6.07) is 12.2. The van der Waals surface area contributed by atoms with E-state index in [1.54, 1.807) is 6.92 Å². The van der Waals surface area contributed by atoms with Crippen molar-refractivity contribution in [1.82, 2.24) is 19.8 Å². The van der Waals surface area contributed by atoms with Crippen molar-refractivity contribution in [2.24, 2.45) is 0 Å². The van der Waals surface area contributed by atoms with Crippen LogP contribution in [-0.2, 0) is 4.79 Å². The third-order valence-corrected chi connectivity index (χ3v) is 6.06. The number of nitrogens with zero attached hydrogens (tertiary/aromatic N) is 4. The summed E-state index contributed by atoms with van der Waals surface area (Å²) in [6.07, 6.45) is 4.38. The SMILES string of the molecule is CC(=O)N1CCC(N2CCC[C@@H](c3nc(C)cc(Oc4ccccc4)n3)C2)CC1. The standard InChI is InChI=1S/C23H30N4O2/c1-17-15-22(29-21-8-4-3-5-9-21)25-23(24-17)19-7-6-12-27(16-19)20-10-13-26(14-11-20)18(2)28/h3-5,8-9,15,19-20H,6-7,10-14,16H2,1-2H3/t19-/m1/s1. The maximum Gasteiger partial charge on any atom is 0.222 e. The van der Waals surface area contributed by atoms with Gasteiger partial charge >= 0.3 is 0 Å². The predicted molar refractivity (Wildman–Crippen MR) is 112 cm³/mol. The van der Waals surface area contributed by atoms with E-state index in [0.717, 1.165) is 69.1 Å². The first kappa shape index (κ1) is 19.8. The monoisotopic (exact) mass is 394 g/mol. The smallest absolute Gasteiger partial charge is 0.222 e. The summed E-state index contributed by atoms with van der Waals surface area (Å²) in [4.78, 5) is 25.7. The quantitative estimate of drug-likeness (QED) is 0.790. The van der Waals surface area contributed by atoms with Gasteiger partial charge in [0.2, 0.25) is 11.8 Å². The zero-order valence-electron chi connectivity index (χ0n) is 17.4. The van der Waals surface area contributed by atoms with Gasteiger partial charge in [0.1, 0.15) is 11.6 Å². The molecule has 0 N–H and O–H groups in total. The first-order valence-electron chi connectivity index (χ1n) is 10.7. The number of carbonyl (C=O) groups excluding carboxylic acids is 1. The Morgan fingerprint density at radius 3 is 2.55 bits per heavy atom. The fourth-order valence-corrected chi connectivity index (χ4v) is 4.50. The molecule has 3 heterocycles. The van der Waals surface area contributed by atoms with Gasteiger partial charge in [-0.05, 0) is 51.3 Å². The maximum absolute atomic E-state index is 11.6. The van der Waals surface area contributed by atoms with Crippen LogP contribution in [0.5, 0.6) is 11.6 Å². The molecule has 0 aliphatic carbocycles. The Balaban J connectivity index is 1.43. The summed E-state index contributed by atoms with van der Waals surface area (Å²) in [7, 11) is 0. The molecule has 2 aliphatic heterocycles. The molecule has 29 heavy (non-hydrogen) atoms. The lowest BCUT2D eigenvalue weighted by atomic mass is 9.93. The Hall–Kier alpha value is -2.47. The van der Waals surface area contributed by atoms with Crippen LogP contribution in [0.1, 0.15) is 50.0 Å². The van der Waals surface area contributed by atoms with Gasteiger partial charge in [-0.25, -0.2) is 4.98 Å². The number of benzene rings is 1. The first-order chi connectivity index (χ1) is 14.1. The largest absolute Gasteiger partial charge is 0.439 e. The zero-order valence-corrected chi connectivity index (χ0v) is 17.4. The fraction of sp³-hybridized carbons (Fsp3) is 0.522. The molecule has 0 bridgehead atoms. The summed E-state index contributed by atoms with van der Waals surface area (Å²) in [6.45, 7) is 7.52. The van der Waals surface area contributed by atoms with Gasteiger partial charge in [-0.3, -0.25) is 9.69 Å². The van der Waals surface area contributed by atoms with Crippen LogP contribution < -0.4 is 4.74 Å². The lowest BCUT2D eigenvalue weighted by molar-refractivity contribution is -0.130. The number of hydrogen-bond acceptors (Lipinski definition) is 5. The van der Waals surface area contributed by atoms with Crippen LogP contribution in [0.2, 0.25) is 0 Å². The number of para-hydroxylation sites is 1. The van der Waals surface area contributed by atoms with Gasteiger partial charge in [0, 0.05) is 50.3 Å². The van der Waals surface area contributed by atoms with E-state index in [0.29, 0.717) is 17.8 Å². The second-order valence-corrected chi connectivity index (χ2v) is 8.19. The number of aromatic nitrogens is 2. The second kappa shape index (κ2) is 8.91. The predicted octanol–water partition coefficient (Wildman–Crippen LogP) is 3.77. The van der Waals surface area contributed by atoms with E-state index in [1.165, 1.54) is 0 Å². The van der Waals surface area contributed by atoms with E-state index < -0.39 is 0 Å². The molecule has 0 radical (unpaired) electrons. The minimum atomic E-state index is 0.194. The maximum atomic E-state index is 11.6. The van der Waals surface area contributed by atoms with Crippen LogP contribution >= 0.6 is 0 Å². The van der Waals surface area contributed by atoms with Gasteiger partial charge in [-0.15, -0.1) is 0 Å². The summed E-state index contributed by atoms with van der Waals surface area (Å²) < 4.78 is 5.97. The van der Waals surface area contributed by atoms with Crippen molar-refractivity contribution < 1.29 is 9.53 Å². The molecule has 0 spiro atoms. The summed E-state index contributed by atoms with van der Waals surface area (Å²) in [5, 5.41) is 0. The minimum Gasteiger partial charge on any atom is -0.439 e. The average Bonchev–Trinajstić information content (AvgIpc) is 2.74.